The molecule has 0 bridgehead atoms. The van der Waals surface area contributed by atoms with Crippen LogP contribution in [0, 0.1) is 0 Å². The van der Waals surface area contributed by atoms with Gasteiger partial charge in [0.25, 0.3) is 0 Å². The average molecular weight is 242 g/mol. The molecule has 1 aliphatic rings. The first-order chi connectivity index (χ1) is 8.93. The fourth-order valence-electron chi connectivity index (χ4n) is 2.75. The molecule has 1 N–H and O–H groups in total. The number of nitrogens with zero attached hydrogens (tertiary/aromatic N) is 3. The van der Waals surface area contributed by atoms with Crippen LogP contribution in [0.2, 0.25) is 0 Å². The molecule has 0 radical (unpaired) electrons. The van der Waals surface area contributed by atoms with E-state index in [4.69, 9.17) is 0 Å². The van der Waals surface area contributed by atoms with Gasteiger partial charge in [0, 0.05) is 43.4 Å². The molecule has 3 rings (SSSR count). The molecule has 0 spiro atoms. The van der Waals surface area contributed by atoms with Crippen LogP contribution in [0.5, 0.6) is 0 Å². The van der Waals surface area contributed by atoms with Gasteiger partial charge in [0.1, 0.15) is 0 Å². The van der Waals surface area contributed by atoms with E-state index >= 15 is 0 Å². The van der Waals surface area contributed by atoms with Gasteiger partial charge in [-0.15, -0.1) is 0 Å². The smallest absolute Gasteiger partial charge is 0.0949 e. The fraction of sp³-hybridized carbons (Fsp3) is 0.429. The highest BCUT2D eigenvalue weighted by Gasteiger charge is 2.27. The van der Waals surface area contributed by atoms with Gasteiger partial charge in [-0.3, -0.25) is 4.98 Å². The molecule has 1 saturated carbocycles. The predicted molar refractivity (Wildman–Crippen MR) is 70.0 cm³/mol. The minimum Gasteiger partial charge on any atom is -0.333 e. The van der Waals surface area contributed by atoms with Crippen molar-refractivity contribution >= 4 is 0 Å². The molecule has 1 fully saturated rings. The molecular formula is C14H18N4. The molecule has 2 unspecified atom stereocenters. The Morgan fingerprint density at radius 3 is 2.83 bits per heavy atom. The van der Waals surface area contributed by atoms with E-state index in [1.54, 1.807) is 0 Å². The number of imidazole rings is 1. The molecule has 0 saturated heterocycles. The minimum atomic E-state index is 0.548. The Morgan fingerprint density at radius 2 is 2.06 bits per heavy atom. The summed E-state index contributed by atoms with van der Waals surface area (Å²) in [5.41, 5.74) is 1.29. The quantitative estimate of drug-likeness (QED) is 0.893. The van der Waals surface area contributed by atoms with Crippen molar-refractivity contribution < 1.29 is 0 Å². The lowest BCUT2D eigenvalue weighted by molar-refractivity contribution is 0.390. The Labute approximate surface area is 107 Å². The largest absolute Gasteiger partial charge is 0.333 e. The van der Waals surface area contributed by atoms with Crippen molar-refractivity contribution in [3.05, 3.63) is 48.8 Å². The average Bonchev–Trinajstić information content (AvgIpc) is 3.08. The Kier molecular flexibility index (Phi) is 3.37. The maximum absolute atomic E-state index is 4.15. The third kappa shape index (κ3) is 2.43. The van der Waals surface area contributed by atoms with Crippen LogP contribution < -0.4 is 5.32 Å². The van der Waals surface area contributed by atoms with Gasteiger partial charge in [0.2, 0.25) is 0 Å². The molecule has 4 nitrogen and oxygen atoms in total. The van der Waals surface area contributed by atoms with Crippen LogP contribution in [0.25, 0.3) is 0 Å². The predicted octanol–water partition coefficient (Wildman–Crippen LogP) is 2.16. The molecule has 0 aromatic carbocycles. The first-order valence-corrected chi connectivity index (χ1v) is 6.53. The summed E-state index contributed by atoms with van der Waals surface area (Å²) in [5.74, 6) is 0. The first kappa shape index (κ1) is 11.4. The molecule has 18 heavy (non-hydrogen) atoms. The normalized spacial score (nSPS) is 23.3. The van der Waals surface area contributed by atoms with E-state index in [1.807, 2.05) is 24.9 Å². The van der Waals surface area contributed by atoms with Crippen molar-refractivity contribution in [2.24, 2.45) is 0 Å². The monoisotopic (exact) mass is 242 g/mol. The summed E-state index contributed by atoms with van der Waals surface area (Å²) in [7, 11) is 0. The second kappa shape index (κ2) is 5.31. The van der Waals surface area contributed by atoms with Gasteiger partial charge in [-0.2, -0.15) is 0 Å². The summed E-state index contributed by atoms with van der Waals surface area (Å²) in [5, 5.41) is 3.66. The van der Waals surface area contributed by atoms with Crippen LogP contribution in [0.15, 0.2) is 43.2 Å². The highest BCUT2D eigenvalue weighted by molar-refractivity contribution is 5.09. The molecule has 94 valence electrons. The van der Waals surface area contributed by atoms with Crippen LogP contribution in [-0.4, -0.2) is 20.6 Å². The van der Waals surface area contributed by atoms with Crippen LogP contribution in [0.3, 0.4) is 0 Å². The first-order valence-electron chi connectivity index (χ1n) is 6.53. The van der Waals surface area contributed by atoms with E-state index in [-0.39, 0.29) is 0 Å². The summed E-state index contributed by atoms with van der Waals surface area (Å²) in [4.78, 5) is 8.19. The molecule has 0 amide bonds. The van der Waals surface area contributed by atoms with Crippen LogP contribution >= 0.6 is 0 Å². The molecule has 4 heteroatoms. The molecule has 2 heterocycles. The maximum atomic E-state index is 4.15. The summed E-state index contributed by atoms with van der Waals surface area (Å²) in [6.07, 6.45) is 13.3. The molecule has 1 aliphatic carbocycles. The minimum absolute atomic E-state index is 0.548. The lowest BCUT2D eigenvalue weighted by Crippen LogP contribution is -2.33. The highest BCUT2D eigenvalue weighted by Crippen LogP contribution is 2.30. The molecule has 2 aromatic heterocycles. The van der Waals surface area contributed by atoms with Gasteiger partial charge in [-0.1, -0.05) is 0 Å². The molecule has 2 atom stereocenters. The van der Waals surface area contributed by atoms with Gasteiger partial charge in [0.15, 0.2) is 0 Å². The lowest BCUT2D eigenvalue weighted by atomic mass is 10.1. The Morgan fingerprint density at radius 1 is 1.17 bits per heavy atom. The van der Waals surface area contributed by atoms with E-state index in [0.29, 0.717) is 12.1 Å². The van der Waals surface area contributed by atoms with Crippen molar-refractivity contribution in [3.63, 3.8) is 0 Å². The van der Waals surface area contributed by atoms with E-state index in [2.05, 4.69) is 38.2 Å². The number of rotatable bonds is 4. The van der Waals surface area contributed by atoms with Crippen LogP contribution in [0.1, 0.15) is 30.9 Å². The maximum Gasteiger partial charge on any atom is 0.0949 e. The Balaban J connectivity index is 1.62. The topological polar surface area (TPSA) is 42.7 Å². The van der Waals surface area contributed by atoms with Gasteiger partial charge < -0.3 is 9.88 Å². The van der Waals surface area contributed by atoms with E-state index < -0.39 is 0 Å². The van der Waals surface area contributed by atoms with Crippen molar-refractivity contribution in [3.8, 4) is 0 Å². The fourth-order valence-corrected chi connectivity index (χ4v) is 2.75. The number of hydrogen-bond donors (Lipinski definition) is 1. The number of aromatic nitrogens is 3. The second-order valence-electron chi connectivity index (χ2n) is 4.85. The standard InChI is InChI=1S/C14H18N4/c1-2-13(14(3-1)18-9-8-16-11-18)17-10-12-4-6-15-7-5-12/h4-9,11,13-14,17H,1-3,10H2. The summed E-state index contributed by atoms with van der Waals surface area (Å²) in [6.45, 7) is 0.915. The molecular weight excluding hydrogens is 224 g/mol. The van der Waals surface area contributed by atoms with Crippen LogP contribution in [-0.2, 0) is 6.54 Å². The highest BCUT2D eigenvalue weighted by atomic mass is 15.1. The summed E-state index contributed by atoms with van der Waals surface area (Å²) >= 11 is 0. The number of pyridine rings is 1. The zero-order valence-corrected chi connectivity index (χ0v) is 10.4. The summed E-state index contributed by atoms with van der Waals surface area (Å²) < 4.78 is 2.23. The van der Waals surface area contributed by atoms with Crippen molar-refractivity contribution in [1.82, 2.24) is 19.9 Å². The Bertz CT molecular complexity index is 466. The lowest BCUT2D eigenvalue weighted by Gasteiger charge is -2.22. The van der Waals surface area contributed by atoms with E-state index in [1.165, 1.54) is 24.8 Å². The van der Waals surface area contributed by atoms with Gasteiger partial charge >= 0.3 is 0 Å². The second-order valence-corrected chi connectivity index (χ2v) is 4.85. The van der Waals surface area contributed by atoms with Crippen LogP contribution in [0.4, 0.5) is 0 Å². The van der Waals surface area contributed by atoms with E-state index in [9.17, 15) is 0 Å². The number of hydrogen-bond acceptors (Lipinski definition) is 3. The third-order valence-corrected chi connectivity index (χ3v) is 3.71. The van der Waals surface area contributed by atoms with Gasteiger partial charge in [-0.25, -0.2) is 4.98 Å². The van der Waals surface area contributed by atoms with Crippen molar-refractivity contribution in [2.45, 2.75) is 37.9 Å². The van der Waals surface area contributed by atoms with E-state index in [0.717, 1.165) is 6.54 Å². The molecule has 0 aliphatic heterocycles. The number of nitrogens with one attached hydrogen (secondary N) is 1. The summed E-state index contributed by atoms with van der Waals surface area (Å²) in [6, 6.07) is 5.23. The van der Waals surface area contributed by atoms with Gasteiger partial charge in [-0.05, 0) is 37.0 Å². The van der Waals surface area contributed by atoms with Crippen molar-refractivity contribution in [2.75, 3.05) is 0 Å². The third-order valence-electron chi connectivity index (χ3n) is 3.71. The zero-order chi connectivity index (χ0) is 12.2. The Hall–Kier alpha value is -1.68. The zero-order valence-electron chi connectivity index (χ0n) is 10.4. The van der Waals surface area contributed by atoms with Crippen molar-refractivity contribution in [1.29, 1.82) is 0 Å². The van der Waals surface area contributed by atoms with Gasteiger partial charge in [0.05, 0.1) is 6.33 Å². The molecule has 2 aromatic rings. The SMILES string of the molecule is c1cc(CNC2CCCC2n2ccnc2)ccn1.